The highest BCUT2D eigenvalue weighted by Gasteiger charge is 2.01. The number of halogens is 2. The molecule has 0 amide bonds. The molecule has 0 radical (unpaired) electrons. The first-order valence-corrected chi connectivity index (χ1v) is 4.89. The molecule has 4 heteroatoms. The maximum absolute atomic E-state index is 5.83. The van der Waals surface area contributed by atoms with Crippen molar-refractivity contribution in [1.29, 1.82) is 0 Å². The van der Waals surface area contributed by atoms with Crippen LogP contribution in [0.5, 0.6) is 0 Å². The molecule has 1 heterocycles. The Morgan fingerprint density at radius 2 is 2.23 bits per heavy atom. The minimum absolute atomic E-state index is 0.591. The van der Waals surface area contributed by atoms with Crippen molar-refractivity contribution in [1.82, 2.24) is 9.55 Å². The van der Waals surface area contributed by atoms with Crippen molar-refractivity contribution < 1.29 is 0 Å². The van der Waals surface area contributed by atoms with Crippen LogP contribution in [-0.4, -0.2) is 15.4 Å². The third-order valence-corrected chi connectivity index (χ3v) is 2.31. The number of aryl methyl sites for hydroxylation is 1. The van der Waals surface area contributed by atoms with Crippen LogP contribution in [0.2, 0.25) is 5.02 Å². The van der Waals surface area contributed by atoms with Crippen molar-refractivity contribution in [2.45, 2.75) is 6.54 Å². The van der Waals surface area contributed by atoms with Gasteiger partial charge in [0, 0.05) is 17.4 Å². The molecule has 13 heavy (non-hydrogen) atoms. The summed E-state index contributed by atoms with van der Waals surface area (Å²) in [6, 6.07) is 5.66. The lowest BCUT2D eigenvalue weighted by Crippen LogP contribution is -1.96. The van der Waals surface area contributed by atoms with Crippen LogP contribution in [0.15, 0.2) is 24.5 Å². The Kier molecular flexibility index (Phi) is 2.42. The fourth-order valence-electron chi connectivity index (χ4n) is 1.31. The van der Waals surface area contributed by atoms with Crippen molar-refractivity contribution >= 4 is 34.2 Å². The van der Waals surface area contributed by atoms with E-state index in [1.807, 2.05) is 22.8 Å². The van der Waals surface area contributed by atoms with Gasteiger partial charge in [-0.25, -0.2) is 4.98 Å². The van der Waals surface area contributed by atoms with Gasteiger partial charge in [-0.15, -0.1) is 11.6 Å². The second-order valence-corrected chi connectivity index (χ2v) is 3.57. The Morgan fingerprint density at radius 1 is 1.38 bits per heavy atom. The van der Waals surface area contributed by atoms with Gasteiger partial charge in [-0.3, -0.25) is 0 Å². The van der Waals surface area contributed by atoms with Crippen LogP contribution in [0.1, 0.15) is 0 Å². The van der Waals surface area contributed by atoms with Gasteiger partial charge < -0.3 is 4.57 Å². The zero-order chi connectivity index (χ0) is 9.26. The Labute approximate surface area is 86.1 Å². The second kappa shape index (κ2) is 3.56. The number of imidazole rings is 1. The predicted molar refractivity (Wildman–Crippen MR) is 55.5 cm³/mol. The number of hydrogen-bond donors (Lipinski definition) is 0. The van der Waals surface area contributed by atoms with Crippen LogP contribution < -0.4 is 0 Å². The van der Waals surface area contributed by atoms with Crippen molar-refractivity contribution in [3.8, 4) is 0 Å². The van der Waals surface area contributed by atoms with Gasteiger partial charge in [-0.2, -0.15) is 0 Å². The predicted octanol–water partition coefficient (Wildman–Crippen LogP) is 2.93. The monoisotopic (exact) mass is 214 g/mol. The van der Waals surface area contributed by atoms with Gasteiger partial charge >= 0.3 is 0 Å². The smallest absolute Gasteiger partial charge is 0.0958 e. The molecule has 2 rings (SSSR count). The highest BCUT2D eigenvalue weighted by molar-refractivity contribution is 6.31. The highest BCUT2D eigenvalue weighted by Crippen LogP contribution is 2.17. The SMILES string of the molecule is ClCCn1cnc2cc(Cl)ccc21. The summed E-state index contributed by atoms with van der Waals surface area (Å²) in [5.41, 5.74) is 1.99. The summed E-state index contributed by atoms with van der Waals surface area (Å²) in [6.07, 6.45) is 1.78. The van der Waals surface area contributed by atoms with E-state index in [4.69, 9.17) is 23.2 Å². The standard InChI is InChI=1S/C9H8Cl2N2/c10-3-4-13-6-12-8-5-7(11)1-2-9(8)13/h1-2,5-6H,3-4H2. The largest absolute Gasteiger partial charge is 0.329 e. The Bertz CT molecular complexity index is 422. The average Bonchev–Trinajstić information content (AvgIpc) is 2.49. The molecule has 0 spiro atoms. The number of rotatable bonds is 2. The topological polar surface area (TPSA) is 17.8 Å². The fourth-order valence-corrected chi connectivity index (χ4v) is 1.65. The van der Waals surface area contributed by atoms with Crippen molar-refractivity contribution in [2.75, 3.05) is 5.88 Å². The van der Waals surface area contributed by atoms with E-state index in [1.165, 1.54) is 0 Å². The van der Waals surface area contributed by atoms with Gasteiger partial charge in [-0.05, 0) is 18.2 Å². The molecule has 0 unspecified atom stereocenters. The fraction of sp³-hybridized carbons (Fsp3) is 0.222. The molecule has 0 aliphatic carbocycles. The molecule has 68 valence electrons. The number of hydrogen-bond acceptors (Lipinski definition) is 1. The first kappa shape index (κ1) is 8.85. The van der Waals surface area contributed by atoms with E-state index in [1.54, 1.807) is 6.33 Å². The number of alkyl halides is 1. The van der Waals surface area contributed by atoms with E-state index in [0.29, 0.717) is 10.9 Å². The average molecular weight is 215 g/mol. The van der Waals surface area contributed by atoms with E-state index < -0.39 is 0 Å². The Balaban J connectivity index is 2.55. The Hall–Kier alpha value is -0.730. The molecule has 0 atom stereocenters. The maximum atomic E-state index is 5.83. The lowest BCUT2D eigenvalue weighted by Gasteiger charge is -1.99. The van der Waals surface area contributed by atoms with Gasteiger partial charge in [0.2, 0.25) is 0 Å². The Morgan fingerprint density at radius 3 is 3.00 bits per heavy atom. The molecule has 0 aliphatic rings. The number of nitrogens with zero attached hydrogens (tertiary/aromatic N) is 2. The van der Waals surface area contributed by atoms with Gasteiger partial charge in [0.05, 0.1) is 17.4 Å². The summed E-state index contributed by atoms with van der Waals surface area (Å²) in [5.74, 6) is 0.591. The van der Waals surface area contributed by atoms with Gasteiger partial charge in [0.25, 0.3) is 0 Å². The van der Waals surface area contributed by atoms with Crippen LogP contribution in [0.25, 0.3) is 11.0 Å². The second-order valence-electron chi connectivity index (χ2n) is 2.76. The minimum atomic E-state index is 0.591. The van der Waals surface area contributed by atoms with Crippen LogP contribution in [-0.2, 0) is 6.54 Å². The van der Waals surface area contributed by atoms with Gasteiger partial charge in [0.15, 0.2) is 0 Å². The molecule has 0 saturated heterocycles. The third-order valence-electron chi connectivity index (χ3n) is 1.91. The molecule has 1 aromatic heterocycles. The lowest BCUT2D eigenvalue weighted by atomic mass is 10.3. The molecule has 0 aliphatic heterocycles. The molecule has 0 N–H and O–H groups in total. The van der Waals surface area contributed by atoms with Crippen LogP contribution >= 0.6 is 23.2 Å². The highest BCUT2D eigenvalue weighted by atomic mass is 35.5. The number of aromatic nitrogens is 2. The maximum Gasteiger partial charge on any atom is 0.0958 e. The normalized spacial score (nSPS) is 10.9. The summed E-state index contributed by atoms with van der Waals surface area (Å²) >= 11 is 11.5. The lowest BCUT2D eigenvalue weighted by molar-refractivity contribution is 0.793. The van der Waals surface area contributed by atoms with Gasteiger partial charge in [-0.1, -0.05) is 11.6 Å². The molecule has 0 saturated carbocycles. The van der Waals surface area contributed by atoms with Crippen molar-refractivity contribution in [3.05, 3.63) is 29.5 Å². The van der Waals surface area contributed by atoms with Crippen molar-refractivity contribution in [2.24, 2.45) is 0 Å². The minimum Gasteiger partial charge on any atom is -0.329 e. The van der Waals surface area contributed by atoms with E-state index >= 15 is 0 Å². The van der Waals surface area contributed by atoms with Crippen LogP contribution in [0, 0.1) is 0 Å². The molecule has 0 fully saturated rings. The van der Waals surface area contributed by atoms with Gasteiger partial charge in [0.1, 0.15) is 0 Å². The summed E-state index contributed by atoms with van der Waals surface area (Å²) < 4.78 is 2.01. The summed E-state index contributed by atoms with van der Waals surface area (Å²) in [6.45, 7) is 0.777. The summed E-state index contributed by atoms with van der Waals surface area (Å²) in [4.78, 5) is 4.22. The summed E-state index contributed by atoms with van der Waals surface area (Å²) in [5, 5.41) is 0.712. The quantitative estimate of drug-likeness (QED) is 0.704. The first-order chi connectivity index (χ1) is 6.31. The number of fused-ring (bicyclic) bond motifs is 1. The third kappa shape index (κ3) is 1.64. The molecular weight excluding hydrogens is 207 g/mol. The molecule has 0 bridgehead atoms. The first-order valence-electron chi connectivity index (χ1n) is 3.97. The van der Waals surface area contributed by atoms with E-state index in [0.717, 1.165) is 17.6 Å². The summed E-state index contributed by atoms with van der Waals surface area (Å²) in [7, 11) is 0. The van der Waals surface area contributed by atoms with Crippen LogP contribution in [0.4, 0.5) is 0 Å². The number of benzene rings is 1. The van der Waals surface area contributed by atoms with Crippen LogP contribution in [0.3, 0.4) is 0 Å². The zero-order valence-corrected chi connectivity index (χ0v) is 8.39. The zero-order valence-electron chi connectivity index (χ0n) is 6.87. The molecule has 2 aromatic rings. The van der Waals surface area contributed by atoms with E-state index in [9.17, 15) is 0 Å². The molecule has 2 nitrogen and oxygen atoms in total. The van der Waals surface area contributed by atoms with E-state index in [-0.39, 0.29) is 0 Å². The van der Waals surface area contributed by atoms with Crippen molar-refractivity contribution in [3.63, 3.8) is 0 Å². The molecular formula is C9H8Cl2N2. The molecule has 1 aromatic carbocycles. The van der Waals surface area contributed by atoms with E-state index in [2.05, 4.69) is 4.98 Å².